The largest absolute Gasteiger partial charge is 0.494 e. The summed E-state index contributed by atoms with van der Waals surface area (Å²) in [5.74, 6) is 0.878. The maximum atomic E-state index is 11.7. The molecule has 4 N–H and O–H groups in total. The van der Waals surface area contributed by atoms with E-state index in [1.807, 2.05) is 30.3 Å². The SMILES string of the molecule is COc1cc(N2CCOCC2)ccc1Nc1cc(Nc2ccccc2C(N)=O)ccn1. The normalized spacial score (nSPS) is 13.5. The highest BCUT2D eigenvalue weighted by Crippen LogP contribution is 2.32. The summed E-state index contributed by atoms with van der Waals surface area (Å²) in [5, 5.41) is 6.54. The highest BCUT2D eigenvalue weighted by atomic mass is 16.5. The Balaban J connectivity index is 1.53. The third-order valence-electron chi connectivity index (χ3n) is 5.06. The van der Waals surface area contributed by atoms with Crippen LogP contribution in [0, 0.1) is 0 Å². The van der Waals surface area contributed by atoms with Crippen molar-refractivity contribution in [2.75, 3.05) is 48.9 Å². The van der Waals surface area contributed by atoms with Crippen LogP contribution >= 0.6 is 0 Å². The summed E-state index contributed by atoms with van der Waals surface area (Å²) >= 11 is 0. The third kappa shape index (κ3) is 4.87. The lowest BCUT2D eigenvalue weighted by Gasteiger charge is -2.29. The molecule has 0 spiro atoms. The minimum Gasteiger partial charge on any atom is -0.494 e. The molecule has 160 valence electrons. The number of carbonyl (C=O) groups is 1. The Bertz CT molecular complexity index is 1070. The third-order valence-corrected chi connectivity index (χ3v) is 5.06. The lowest BCUT2D eigenvalue weighted by molar-refractivity contribution is 0.100. The maximum Gasteiger partial charge on any atom is 0.250 e. The first-order valence-electron chi connectivity index (χ1n) is 10.0. The Morgan fingerprint density at radius 3 is 2.65 bits per heavy atom. The van der Waals surface area contributed by atoms with Gasteiger partial charge in [-0.2, -0.15) is 0 Å². The monoisotopic (exact) mass is 419 g/mol. The number of benzene rings is 2. The number of carbonyl (C=O) groups excluding carboxylic acids is 1. The molecule has 0 aliphatic carbocycles. The van der Waals surface area contributed by atoms with Crippen molar-refractivity contribution < 1.29 is 14.3 Å². The average Bonchev–Trinajstić information content (AvgIpc) is 2.80. The number of methoxy groups -OCH3 is 1. The van der Waals surface area contributed by atoms with E-state index >= 15 is 0 Å². The van der Waals surface area contributed by atoms with Gasteiger partial charge in [-0.25, -0.2) is 4.98 Å². The second-order valence-electron chi connectivity index (χ2n) is 7.07. The molecule has 3 aromatic rings. The van der Waals surface area contributed by atoms with E-state index in [9.17, 15) is 4.79 Å². The zero-order chi connectivity index (χ0) is 21.6. The van der Waals surface area contributed by atoms with Crippen LogP contribution in [0.1, 0.15) is 10.4 Å². The van der Waals surface area contributed by atoms with E-state index in [1.54, 1.807) is 31.5 Å². The lowest BCUT2D eigenvalue weighted by Crippen LogP contribution is -2.36. The van der Waals surface area contributed by atoms with Crippen LogP contribution < -0.4 is 26.0 Å². The molecule has 8 heteroatoms. The fraction of sp³-hybridized carbons (Fsp3) is 0.217. The van der Waals surface area contributed by atoms with E-state index in [0.29, 0.717) is 17.1 Å². The molecule has 0 radical (unpaired) electrons. The van der Waals surface area contributed by atoms with E-state index in [0.717, 1.165) is 49.1 Å². The zero-order valence-electron chi connectivity index (χ0n) is 17.3. The molecule has 1 aromatic heterocycles. The van der Waals surface area contributed by atoms with E-state index in [4.69, 9.17) is 15.2 Å². The quantitative estimate of drug-likeness (QED) is 0.539. The van der Waals surface area contributed by atoms with Crippen molar-refractivity contribution in [3.63, 3.8) is 0 Å². The number of rotatable bonds is 7. The molecule has 0 bridgehead atoms. The number of nitrogens with two attached hydrogens (primary N) is 1. The van der Waals surface area contributed by atoms with Crippen LogP contribution in [0.4, 0.5) is 28.6 Å². The fourth-order valence-electron chi connectivity index (χ4n) is 3.48. The van der Waals surface area contributed by atoms with Gasteiger partial charge in [0.2, 0.25) is 0 Å². The summed E-state index contributed by atoms with van der Waals surface area (Å²) in [6.45, 7) is 3.17. The van der Waals surface area contributed by atoms with Crippen LogP contribution in [0.5, 0.6) is 5.75 Å². The summed E-state index contributed by atoms with van der Waals surface area (Å²) < 4.78 is 11.0. The lowest BCUT2D eigenvalue weighted by atomic mass is 10.1. The van der Waals surface area contributed by atoms with Gasteiger partial charge < -0.3 is 30.7 Å². The number of anilines is 5. The highest BCUT2D eigenvalue weighted by Gasteiger charge is 2.14. The van der Waals surface area contributed by atoms with Crippen LogP contribution in [0.2, 0.25) is 0 Å². The van der Waals surface area contributed by atoms with Crippen LogP contribution in [0.3, 0.4) is 0 Å². The van der Waals surface area contributed by atoms with E-state index in [1.165, 1.54) is 0 Å². The van der Waals surface area contributed by atoms with Gasteiger partial charge in [0.15, 0.2) is 0 Å². The first-order valence-corrected chi connectivity index (χ1v) is 10.0. The number of ether oxygens (including phenoxy) is 2. The second-order valence-corrected chi connectivity index (χ2v) is 7.07. The predicted octanol–water partition coefficient (Wildman–Crippen LogP) is 3.51. The average molecular weight is 419 g/mol. The van der Waals surface area contributed by atoms with Gasteiger partial charge in [0.25, 0.3) is 5.91 Å². The fourth-order valence-corrected chi connectivity index (χ4v) is 3.48. The molecule has 8 nitrogen and oxygen atoms in total. The van der Waals surface area contributed by atoms with Gasteiger partial charge in [0.1, 0.15) is 11.6 Å². The minimum atomic E-state index is -0.486. The number of aromatic nitrogens is 1. The Morgan fingerprint density at radius 1 is 1.06 bits per heavy atom. The van der Waals surface area contributed by atoms with E-state index in [2.05, 4.69) is 26.6 Å². The number of primary amides is 1. The van der Waals surface area contributed by atoms with Crippen molar-refractivity contribution >= 4 is 34.5 Å². The Labute approximate surface area is 181 Å². The molecule has 1 fully saturated rings. The first kappa shape index (κ1) is 20.5. The van der Waals surface area contributed by atoms with Gasteiger partial charge >= 0.3 is 0 Å². The topological polar surface area (TPSA) is 102 Å². The van der Waals surface area contributed by atoms with Crippen LogP contribution in [-0.4, -0.2) is 44.3 Å². The van der Waals surface area contributed by atoms with Gasteiger partial charge in [-0.3, -0.25) is 4.79 Å². The van der Waals surface area contributed by atoms with Gasteiger partial charge in [-0.15, -0.1) is 0 Å². The highest BCUT2D eigenvalue weighted by molar-refractivity contribution is 5.99. The number of pyridine rings is 1. The Morgan fingerprint density at radius 2 is 1.87 bits per heavy atom. The smallest absolute Gasteiger partial charge is 0.250 e. The summed E-state index contributed by atoms with van der Waals surface area (Å²) in [5.41, 5.74) is 9.21. The molecule has 2 heterocycles. The Kier molecular flexibility index (Phi) is 6.18. The van der Waals surface area contributed by atoms with Crippen LogP contribution in [-0.2, 0) is 4.74 Å². The first-order chi connectivity index (χ1) is 15.1. The van der Waals surface area contributed by atoms with Crippen molar-refractivity contribution in [2.24, 2.45) is 5.73 Å². The number of amides is 1. The van der Waals surface area contributed by atoms with Crippen LogP contribution in [0.15, 0.2) is 60.8 Å². The molecular formula is C23H25N5O3. The molecule has 0 unspecified atom stereocenters. The minimum absolute atomic E-state index is 0.425. The van der Waals surface area contributed by atoms with Crippen molar-refractivity contribution in [3.05, 3.63) is 66.4 Å². The van der Waals surface area contributed by atoms with Crippen LogP contribution in [0.25, 0.3) is 0 Å². The summed E-state index contributed by atoms with van der Waals surface area (Å²) in [4.78, 5) is 18.3. The standard InChI is InChI=1S/C23H25N5O3/c1-30-21-15-17(28-10-12-31-13-11-28)6-7-20(21)27-22-14-16(8-9-25-22)26-19-5-3-2-4-18(19)23(24)29/h2-9,14-15H,10-13H2,1H3,(H2,24,29)(H2,25,26,27). The molecule has 1 aliphatic heterocycles. The molecule has 1 aliphatic rings. The van der Waals surface area contributed by atoms with Crippen molar-refractivity contribution in [1.29, 1.82) is 0 Å². The van der Waals surface area contributed by atoms with E-state index in [-0.39, 0.29) is 0 Å². The Hall–Kier alpha value is -3.78. The van der Waals surface area contributed by atoms with Gasteiger partial charge in [0, 0.05) is 42.8 Å². The van der Waals surface area contributed by atoms with Gasteiger partial charge in [-0.1, -0.05) is 12.1 Å². The zero-order valence-corrected chi connectivity index (χ0v) is 17.3. The number of morpholine rings is 1. The molecule has 0 atom stereocenters. The van der Waals surface area contributed by atoms with E-state index < -0.39 is 5.91 Å². The maximum absolute atomic E-state index is 11.7. The number of nitrogens with zero attached hydrogens (tertiary/aromatic N) is 2. The molecule has 0 saturated carbocycles. The molecule has 1 amide bonds. The number of para-hydroxylation sites is 1. The molecule has 2 aromatic carbocycles. The second kappa shape index (κ2) is 9.36. The molecule has 1 saturated heterocycles. The summed E-state index contributed by atoms with van der Waals surface area (Å²) in [6, 6.07) is 16.8. The number of nitrogens with one attached hydrogen (secondary N) is 2. The molecule has 4 rings (SSSR count). The van der Waals surface area contributed by atoms with Gasteiger partial charge in [-0.05, 0) is 30.3 Å². The predicted molar refractivity (Wildman–Crippen MR) is 122 cm³/mol. The van der Waals surface area contributed by atoms with Gasteiger partial charge in [0.05, 0.1) is 37.3 Å². The summed E-state index contributed by atoms with van der Waals surface area (Å²) in [7, 11) is 1.65. The molecule has 31 heavy (non-hydrogen) atoms. The molecular weight excluding hydrogens is 394 g/mol. The number of hydrogen-bond acceptors (Lipinski definition) is 7. The van der Waals surface area contributed by atoms with Crippen molar-refractivity contribution in [2.45, 2.75) is 0 Å². The van der Waals surface area contributed by atoms with Crippen molar-refractivity contribution in [3.8, 4) is 5.75 Å². The summed E-state index contributed by atoms with van der Waals surface area (Å²) in [6.07, 6.45) is 1.69. The van der Waals surface area contributed by atoms with Crippen molar-refractivity contribution in [1.82, 2.24) is 4.98 Å². The number of hydrogen-bond donors (Lipinski definition) is 3.